The van der Waals surface area contributed by atoms with Gasteiger partial charge in [-0.1, -0.05) is 335 Å². The average Bonchev–Trinajstić information content (AvgIpc) is 0.843. The predicted molar refractivity (Wildman–Crippen MR) is 627 cm³/mol. The second-order valence-electron chi connectivity index (χ2n) is 35.0. The monoisotopic (exact) mass is 2100 g/mol. The summed E-state index contributed by atoms with van der Waals surface area (Å²) in [6, 6.07) is 76.6. The maximum absolute atomic E-state index is 10.3. The van der Waals surface area contributed by atoms with Gasteiger partial charge in [-0.2, -0.15) is 70.6 Å². The van der Waals surface area contributed by atoms with E-state index in [0.29, 0.717) is 33.0 Å². The molecule has 0 bridgehead atoms. The summed E-state index contributed by atoms with van der Waals surface area (Å²) in [4.78, 5) is 0. The molecule has 0 saturated heterocycles. The first-order valence-corrected chi connectivity index (χ1v) is 65.7. The van der Waals surface area contributed by atoms with Crippen LogP contribution in [0.1, 0.15) is 248 Å². The molecule has 0 aliphatic heterocycles. The van der Waals surface area contributed by atoms with Crippen LogP contribution in [0.4, 0.5) is 0 Å². The topological polar surface area (TPSA) is 121 Å². The Balaban J connectivity index is 0.000000253. The predicted octanol–water partition coefficient (Wildman–Crippen LogP) is 36.7. The highest BCUT2D eigenvalue weighted by molar-refractivity contribution is 8.77. The van der Waals surface area contributed by atoms with E-state index in [2.05, 4.69) is 257 Å². The van der Waals surface area contributed by atoms with E-state index in [-0.39, 0.29) is 11.5 Å². The van der Waals surface area contributed by atoms with E-state index in [1.807, 2.05) is 97.1 Å². The quantitative estimate of drug-likeness (QED) is 0.0160. The molecule has 0 unspecified atom stereocenters. The third-order valence-electron chi connectivity index (χ3n) is 23.5. The van der Waals surface area contributed by atoms with E-state index >= 15 is 0 Å². The fourth-order valence-electron chi connectivity index (χ4n) is 15.6. The van der Waals surface area contributed by atoms with Crippen LogP contribution in [-0.4, -0.2) is 134 Å². The number of halogens is 2. The molecule has 0 heterocycles. The van der Waals surface area contributed by atoms with Crippen molar-refractivity contribution < 1.29 is 30.6 Å². The Morgan fingerprint density at radius 2 is 0.368 bits per heavy atom. The summed E-state index contributed by atoms with van der Waals surface area (Å²) < 4.78 is 0. The van der Waals surface area contributed by atoms with Crippen LogP contribution in [-0.2, 0) is 51.4 Å². The van der Waals surface area contributed by atoms with Crippen molar-refractivity contribution in [2.75, 3.05) is 104 Å². The number of aryl methyl sites for hydroxylation is 6. The zero-order chi connectivity index (χ0) is 95.7. The molecule has 0 aromatic heterocycles. The van der Waals surface area contributed by atoms with E-state index in [0.717, 1.165) is 97.6 Å². The molecule has 10 aromatic rings. The van der Waals surface area contributed by atoms with E-state index in [4.69, 9.17) is 23.2 Å². The lowest BCUT2D eigenvalue weighted by atomic mass is 10.00. The second kappa shape index (κ2) is 78.2. The normalized spacial score (nSPS) is 11.3. The van der Waals surface area contributed by atoms with Crippen molar-refractivity contribution in [1.29, 1.82) is 0 Å². The molecule has 0 spiro atoms. The van der Waals surface area contributed by atoms with Crippen LogP contribution in [0.3, 0.4) is 0 Å². The highest BCUT2D eigenvalue weighted by atomic mass is 35.5. The van der Waals surface area contributed by atoms with Crippen LogP contribution in [0.15, 0.2) is 231 Å². The SMILES string of the molecule is Oc1ccc(CCCSCCCCCCSSCCCCCCSCCCc2ccc(O)c(-c3ccccc3)c2)cc1-c1ccccc1.Oc1ccc(CCCSCCCCCCSSCCCCCCSCCCc2ccc(O)c(Cc3ccccc3)c2)cc1Cc1ccccc1.Oc1ccc(CCCSCCCCCCSSCCCCCCSCCCc2ccc(O)c(Cl)c2)cc1Cl. The highest BCUT2D eigenvalue weighted by Gasteiger charge is 2.13. The summed E-state index contributed by atoms with van der Waals surface area (Å²) in [7, 11) is 12.5. The minimum atomic E-state index is 0.168. The van der Waals surface area contributed by atoms with Crippen molar-refractivity contribution in [3.63, 3.8) is 0 Å². The van der Waals surface area contributed by atoms with Crippen molar-refractivity contribution in [2.45, 2.75) is 244 Å². The lowest BCUT2D eigenvalue weighted by molar-refractivity contribution is 0.468. The van der Waals surface area contributed by atoms with Crippen molar-refractivity contribution in [2.24, 2.45) is 0 Å². The summed E-state index contributed by atoms with van der Waals surface area (Å²) in [5.74, 6) is 24.6. The molecule has 742 valence electrons. The van der Waals surface area contributed by atoms with Gasteiger partial charge in [0, 0.05) is 58.5 Å². The van der Waals surface area contributed by atoms with Gasteiger partial charge in [-0.15, -0.1) is 0 Å². The van der Waals surface area contributed by atoms with Crippen LogP contribution >= 0.6 is 159 Å². The van der Waals surface area contributed by atoms with Crippen LogP contribution in [0.5, 0.6) is 34.5 Å². The smallest absolute Gasteiger partial charge is 0.134 e. The van der Waals surface area contributed by atoms with Gasteiger partial charge in [0.05, 0.1) is 10.0 Å². The van der Waals surface area contributed by atoms with Crippen LogP contribution in [0.2, 0.25) is 10.0 Å². The number of phenolic OH excluding ortho intramolecular Hbond substituents is 6. The largest absolute Gasteiger partial charge is 0.508 e. The zero-order valence-electron chi connectivity index (χ0n) is 80.9. The summed E-state index contributed by atoms with van der Waals surface area (Å²) in [6.07, 6.45) is 47.6. The third kappa shape index (κ3) is 55.6. The Labute approximate surface area is 880 Å². The number of benzene rings is 10. The van der Waals surface area contributed by atoms with Crippen molar-refractivity contribution >= 4 is 159 Å². The Bertz CT molecular complexity index is 4370. The first-order chi connectivity index (χ1) is 66.9. The van der Waals surface area contributed by atoms with Gasteiger partial charge in [-0.25, -0.2) is 0 Å². The van der Waals surface area contributed by atoms with E-state index in [9.17, 15) is 30.6 Å². The highest BCUT2D eigenvalue weighted by Crippen LogP contribution is 2.36. The summed E-state index contributed by atoms with van der Waals surface area (Å²) in [6.45, 7) is 0. The Kier molecular flexibility index (Phi) is 67.3. The number of hydrogen-bond donors (Lipinski definition) is 6. The molecule has 0 atom stereocenters. The third-order valence-corrected chi connectivity index (χ3v) is 38.7. The molecular weight excluding hydrogens is 1940 g/mol. The van der Waals surface area contributed by atoms with E-state index < -0.39 is 0 Å². The Morgan fingerprint density at radius 3 is 0.610 bits per heavy atom. The van der Waals surface area contributed by atoms with Gasteiger partial charge in [0.1, 0.15) is 34.5 Å². The Hall–Kier alpha value is -4.22. The molecule has 6 N–H and O–H groups in total. The van der Waals surface area contributed by atoms with Gasteiger partial charge >= 0.3 is 0 Å². The van der Waals surface area contributed by atoms with E-state index in [1.165, 1.54) is 328 Å². The molecule has 10 rings (SSSR count). The van der Waals surface area contributed by atoms with Gasteiger partial charge in [0.15, 0.2) is 0 Å². The molecule has 0 radical (unpaired) electrons. The average molecular weight is 2100 g/mol. The van der Waals surface area contributed by atoms with Crippen molar-refractivity contribution in [1.82, 2.24) is 0 Å². The van der Waals surface area contributed by atoms with E-state index in [1.54, 1.807) is 12.1 Å². The van der Waals surface area contributed by atoms with Crippen LogP contribution in [0.25, 0.3) is 22.3 Å². The van der Waals surface area contributed by atoms with Gasteiger partial charge < -0.3 is 30.6 Å². The first-order valence-electron chi connectivity index (χ1n) is 50.5. The standard InChI is InChI=1S/C44H58O2S4.C42H54O2S4.C30H44Cl2O2S4/c45-43-25-23-39(35-41(43)33-37-17-7-5-8-18-37)21-15-29-47-27-11-1-3-13-31-49-50-32-14-4-2-12-28-48-30-16-22-40-24-26-44(46)42(36-40)34-38-19-9-6-10-20-38;43-41-25-23-35(33-39(41)37-19-7-5-8-20-37)17-15-29-45-27-11-1-3-13-31-47-48-32-14-4-2-12-28-46-30-16-18-36-24-26-42(44)40(34-36)38-21-9-6-10-22-38;31-27-23-25(13-15-29(27)33)11-9-19-35-17-5-1-3-7-21-37-38-22-8-4-2-6-18-36-20-10-12-26-14-16-30(34)28(32)24-26/h5-10,17-20,23-26,35-36,45-46H,1-4,11-16,21-22,27-34H2;5-10,19-26,33-34,43-44H,1-4,11-18,27-32H2;13-16,23-24,33-34H,1-12,17-22H2. The lowest BCUT2D eigenvalue weighted by Crippen LogP contribution is -1.94. The minimum absolute atomic E-state index is 0.168. The maximum atomic E-state index is 10.3. The number of phenols is 6. The zero-order valence-corrected chi connectivity index (χ0v) is 92.2. The molecule has 6 nitrogen and oxygen atoms in total. The molecule has 0 amide bonds. The van der Waals surface area contributed by atoms with Crippen molar-refractivity contribution in [3.8, 4) is 56.8 Å². The molecular formula is C116H156Cl2O6S12. The molecule has 10 aromatic carbocycles. The minimum Gasteiger partial charge on any atom is -0.508 e. The number of unbranched alkanes of at least 4 members (excludes halogenated alkanes) is 18. The maximum Gasteiger partial charge on any atom is 0.134 e. The molecule has 0 saturated carbocycles. The Morgan fingerprint density at radius 1 is 0.169 bits per heavy atom. The molecule has 0 aliphatic carbocycles. The van der Waals surface area contributed by atoms with Gasteiger partial charge in [-0.3, -0.25) is 0 Å². The number of hydrogen-bond acceptors (Lipinski definition) is 18. The number of rotatable bonds is 75. The number of aromatic hydroxyl groups is 6. The van der Waals surface area contributed by atoms with Gasteiger partial charge in [-0.05, 0) is 351 Å². The first kappa shape index (κ1) is 117. The molecule has 20 heteroatoms. The fourth-order valence-corrected chi connectivity index (χ4v) is 28.7. The second-order valence-corrected chi connectivity index (χ2v) is 51.2. The number of thioether (sulfide) groups is 6. The molecule has 136 heavy (non-hydrogen) atoms. The van der Waals surface area contributed by atoms with Gasteiger partial charge in [0.25, 0.3) is 0 Å². The van der Waals surface area contributed by atoms with Gasteiger partial charge in [0.2, 0.25) is 0 Å². The summed E-state index contributed by atoms with van der Waals surface area (Å²) >= 11 is 24.5. The summed E-state index contributed by atoms with van der Waals surface area (Å²) in [5.41, 5.74) is 16.3. The van der Waals surface area contributed by atoms with Crippen molar-refractivity contribution in [3.05, 3.63) is 296 Å². The van der Waals surface area contributed by atoms with Crippen LogP contribution < -0.4 is 0 Å². The fraction of sp³-hybridized carbons (Fsp3) is 0.483. The molecule has 0 aliphatic rings. The summed E-state index contributed by atoms with van der Waals surface area (Å²) in [5, 5.41) is 61.0. The van der Waals surface area contributed by atoms with Crippen LogP contribution in [0, 0.1) is 0 Å². The molecule has 0 fully saturated rings. The lowest BCUT2D eigenvalue weighted by Gasteiger charge is -2.09.